The number of carbonyl (C=O) groups is 1. The zero-order valence-corrected chi connectivity index (χ0v) is 10.3. The number of hydrogen-bond donors (Lipinski definition) is 0. The number of thioether (sulfide) groups is 1. The predicted octanol–water partition coefficient (Wildman–Crippen LogP) is 2.76. The first kappa shape index (κ1) is 11.8. The van der Waals surface area contributed by atoms with Crippen molar-refractivity contribution in [2.75, 3.05) is 5.75 Å². The second-order valence-electron chi connectivity index (χ2n) is 3.57. The molecule has 2 aromatic rings. The number of nitrogens with zero attached hydrogens (tertiary/aromatic N) is 2. The molecular formula is C13H12N2OS. The number of carbonyl (C=O) groups excluding carboxylic acids is 1. The van der Waals surface area contributed by atoms with Crippen molar-refractivity contribution in [2.24, 2.45) is 0 Å². The van der Waals surface area contributed by atoms with Crippen LogP contribution < -0.4 is 0 Å². The van der Waals surface area contributed by atoms with Gasteiger partial charge in [0.15, 0.2) is 5.78 Å². The molecule has 1 aromatic carbocycles. The molecule has 0 fully saturated rings. The standard InChI is InChI=1S/C13H12N2OS/c1-10-4-2-3-5-11(10)12(16)9-17-13-8-14-6-7-15-13/h2-8H,9H2,1H3. The molecule has 1 heterocycles. The Kier molecular flexibility index (Phi) is 3.88. The van der Waals surface area contributed by atoms with Crippen LogP contribution in [-0.2, 0) is 0 Å². The fourth-order valence-corrected chi connectivity index (χ4v) is 2.17. The van der Waals surface area contributed by atoms with E-state index in [-0.39, 0.29) is 5.78 Å². The Balaban J connectivity index is 2.01. The molecule has 17 heavy (non-hydrogen) atoms. The van der Waals surface area contributed by atoms with Crippen molar-refractivity contribution in [1.29, 1.82) is 0 Å². The molecule has 0 bridgehead atoms. The fourth-order valence-electron chi connectivity index (χ4n) is 1.46. The number of aromatic nitrogens is 2. The quantitative estimate of drug-likeness (QED) is 0.612. The highest BCUT2D eigenvalue weighted by Gasteiger charge is 2.09. The maximum absolute atomic E-state index is 12.0. The third-order valence-electron chi connectivity index (χ3n) is 2.34. The minimum Gasteiger partial charge on any atom is -0.293 e. The summed E-state index contributed by atoms with van der Waals surface area (Å²) in [7, 11) is 0. The normalized spacial score (nSPS) is 10.2. The monoisotopic (exact) mass is 244 g/mol. The van der Waals surface area contributed by atoms with Gasteiger partial charge in [0.05, 0.1) is 11.9 Å². The van der Waals surface area contributed by atoms with Gasteiger partial charge in [0.25, 0.3) is 0 Å². The maximum Gasteiger partial charge on any atom is 0.173 e. The number of rotatable bonds is 4. The Hall–Kier alpha value is -1.68. The van der Waals surface area contributed by atoms with Gasteiger partial charge in [-0.2, -0.15) is 0 Å². The summed E-state index contributed by atoms with van der Waals surface area (Å²) in [5, 5.41) is 0.773. The Morgan fingerprint density at radius 1 is 1.29 bits per heavy atom. The first-order valence-corrected chi connectivity index (χ1v) is 6.23. The van der Waals surface area contributed by atoms with Gasteiger partial charge in [0, 0.05) is 18.0 Å². The van der Waals surface area contributed by atoms with E-state index in [1.807, 2.05) is 31.2 Å². The molecule has 0 saturated heterocycles. The number of hydrogen-bond acceptors (Lipinski definition) is 4. The highest BCUT2D eigenvalue weighted by atomic mass is 32.2. The molecule has 4 heteroatoms. The van der Waals surface area contributed by atoms with Crippen molar-refractivity contribution in [1.82, 2.24) is 9.97 Å². The van der Waals surface area contributed by atoms with Crippen LogP contribution in [0, 0.1) is 6.92 Å². The minimum atomic E-state index is 0.124. The second-order valence-corrected chi connectivity index (χ2v) is 4.57. The van der Waals surface area contributed by atoms with Crippen LogP contribution in [0.3, 0.4) is 0 Å². The molecule has 0 aliphatic rings. The average Bonchev–Trinajstić information content (AvgIpc) is 2.38. The minimum absolute atomic E-state index is 0.124. The van der Waals surface area contributed by atoms with E-state index in [0.717, 1.165) is 16.2 Å². The molecule has 0 aliphatic carbocycles. The molecule has 3 nitrogen and oxygen atoms in total. The lowest BCUT2D eigenvalue weighted by Crippen LogP contribution is -2.04. The number of ketones is 1. The van der Waals surface area contributed by atoms with Crippen molar-refractivity contribution in [3.8, 4) is 0 Å². The molecule has 0 aliphatic heterocycles. The summed E-state index contributed by atoms with van der Waals surface area (Å²) in [5.41, 5.74) is 1.79. The van der Waals surface area contributed by atoms with Crippen molar-refractivity contribution in [3.05, 3.63) is 54.0 Å². The summed E-state index contributed by atoms with van der Waals surface area (Å²) in [5.74, 6) is 0.516. The van der Waals surface area contributed by atoms with Crippen LogP contribution in [0.15, 0.2) is 47.9 Å². The Morgan fingerprint density at radius 3 is 2.82 bits per heavy atom. The van der Waals surface area contributed by atoms with E-state index in [9.17, 15) is 4.79 Å². The third kappa shape index (κ3) is 3.14. The van der Waals surface area contributed by atoms with Gasteiger partial charge in [-0.3, -0.25) is 9.78 Å². The first-order valence-electron chi connectivity index (χ1n) is 5.25. The van der Waals surface area contributed by atoms with E-state index < -0.39 is 0 Å². The topological polar surface area (TPSA) is 42.9 Å². The average molecular weight is 244 g/mol. The third-order valence-corrected chi connectivity index (χ3v) is 3.25. The highest BCUT2D eigenvalue weighted by Crippen LogP contribution is 2.16. The van der Waals surface area contributed by atoms with Gasteiger partial charge in [0.1, 0.15) is 5.03 Å². The van der Waals surface area contributed by atoms with Crippen molar-refractivity contribution >= 4 is 17.5 Å². The Morgan fingerprint density at radius 2 is 2.12 bits per heavy atom. The maximum atomic E-state index is 12.0. The van der Waals surface area contributed by atoms with Crippen molar-refractivity contribution < 1.29 is 4.79 Å². The van der Waals surface area contributed by atoms with Crippen LogP contribution in [0.2, 0.25) is 0 Å². The number of Topliss-reactive ketones (excluding diaryl/α,β-unsaturated/α-hetero) is 1. The predicted molar refractivity (Wildman–Crippen MR) is 68.3 cm³/mol. The summed E-state index contributed by atoms with van der Waals surface area (Å²) in [6, 6.07) is 7.62. The fraction of sp³-hybridized carbons (Fsp3) is 0.154. The van der Waals surface area contributed by atoms with E-state index >= 15 is 0 Å². The molecule has 0 spiro atoms. The lowest BCUT2D eigenvalue weighted by molar-refractivity contribution is 0.102. The van der Waals surface area contributed by atoms with Gasteiger partial charge in [-0.25, -0.2) is 4.98 Å². The lowest BCUT2D eigenvalue weighted by Gasteiger charge is -2.03. The van der Waals surface area contributed by atoms with Crippen LogP contribution >= 0.6 is 11.8 Å². The molecule has 0 radical (unpaired) electrons. The van der Waals surface area contributed by atoms with Crippen LogP contribution in [0.1, 0.15) is 15.9 Å². The Labute approximate surface area is 104 Å². The van der Waals surface area contributed by atoms with Gasteiger partial charge in [-0.1, -0.05) is 36.0 Å². The zero-order chi connectivity index (χ0) is 12.1. The summed E-state index contributed by atoms with van der Waals surface area (Å²) < 4.78 is 0. The van der Waals surface area contributed by atoms with Crippen LogP contribution in [0.25, 0.3) is 0 Å². The molecule has 1 aromatic heterocycles. The van der Waals surface area contributed by atoms with Crippen molar-refractivity contribution in [2.45, 2.75) is 11.9 Å². The van der Waals surface area contributed by atoms with E-state index in [1.165, 1.54) is 11.8 Å². The van der Waals surface area contributed by atoms with E-state index in [0.29, 0.717) is 5.75 Å². The van der Waals surface area contributed by atoms with Crippen molar-refractivity contribution in [3.63, 3.8) is 0 Å². The number of aryl methyl sites for hydroxylation is 1. The van der Waals surface area contributed by atoms with Gasteiger partial charge >= 0.3 is 0 Å². The van der Waals surface area contributed by atoms with Gasteiger partial charge in [-0.05, 0) is 12.5 Å². The summed E-state index contributed by atoms with van der Waals surface area (Å²) in [6.07, 6.45) is 4.91. The van der Waals surface area contributed by atoms with Gasteiger partial charge < -0.3 is 0 Å². The zero-order valence-electron chi connectivity index (χ0n) is 9.46. The van der Waals surface area contributed by atoms with E-state index in [1.54, 1.807) is 18.6 Å². The van der Waals surface area contributed by atoms with E-state index in [2.05, 4.69) is 9.97 Å². The lowest BCUT2D eigenvalue weighted by atomic mass is 10.1. The van der Waals surface area contributed by atoms with Gasteiger partial charge in [-0.15, -0.1) is 0 Å². The van der Waals surface area contributed by atoms with E-state index in [4.69, 9.17) is 0 Å². The first-order chi connectivity index (χ1) is 8.27. The molecule has 86 valence electrons. The molecule has 0 saturated carbocycles. The molecule has 0 amide bonds. The number of benzene rings is 1. The molecule has 0 unspecified atom stereocenters. The molecule has 2 rings (SSSR count). The van der Waals surface area contributed by atoms with Crippen LogP contribution in [-0.4, -0.2) is 21.5 Å². The highest BCUT2D eigenvalue weighted by molar-refractivity contribution is 7.99. The summed E-state index contributed by atoms with van der Waals surface area (Å²) in [6.45, 7) is 1.94. The molecule has 0 N–H and O–H groups in total. The largest absolute Gasteiger partial charge is 0.293 e. The summed E-state index contributed by atoms with van der Waals surface area (Å²) in [4.78, 5) is 20.0. The van der Waals surface area contributed by atoms with Crippen LogP contribution in [0.4, 0.5) is 0 Å². The molecule has 0 atom stereocenters. The van der Waals surface area contributed by atoms with Crippen LogP contribution in [0.5, 0.6) is 0 Å². The summed E-state index contributed by atoms with van der Waals surface area (Å²) >= 11 is 1.41. The SMILES string of the molecule is Cc1ccccc1C(=O)CSc1cnccn1. The second kappa shape index (κ2) is 5.59. The smallest absolute Gasteiger partial charge is 0.173 e. The van der Waals surface area contributed by atoms with Gasteiger partial charge in [0.2, 0.25) is 0 Å². The molecular weight excluding hydrogens is 232 g/mol. The Bertz CT molecular complexity index is 514.